The number of Topliss-reactive ketones (excluding diaryl/α,β-unsaturated/α-hetero) is 1. The first-order valence-corrected chi connectivity index (χ1v) is 48.9. The van der Waals surface area contributed by atoms with E-state index < -0.39 is 149 Å². The van der Waals surface area contributed by atoms with E-state index in [0.29, 0.717) is 50.9 Å². The van der Waals surface area contributed by atoms with Crippen LogP contribution in [0.1, 0.15) is 197 Å². The Bertz CT molecular complexity index is 5670. The summed E-state index contributed by atoms with van der Waals surface area (Å²) in [5, 5.41) is 27.3. The molecular formula is C113H148N9NaO25. The zero-order valence-electron chi connectivity index (χ0n) is 89.1. The number of rotatable bonds is 27. The van der Waals surface area contributed by atoms with Gasteiger partial charge in [-0.1, -0.05) is 246 Å². The zero-order valence-corrected chi connectivity index (χ0v) is 91.1. The van der Waals surface area contributed by atoms with Crippen LogP contribution >= 0.6 is 0 Å². The van der Waals surface area contributed by atoms with E-state index in [2.05, 4.69) is 25.4 Å². The molecule has 0 bridgehead atoms. The molecule has 8 aromatic carbocycles. The summed E-state index contributed by atoms with van der Waals surface area (Å²) in [5.41, 5.74) is 19.6. The summed E-state index contributed by atoms with van der Waals surface area (Å²) in [6.07, 6.45) is 1.25. The minimum Gasteiger partial charge on any atom is -0.870 e. The van der Waals surface area contributed by atoms with Gasteiger partial charge >= 0.3 is 89.7 Å². The molecular weight excluding hydrogens is 1910 g/mol. The molecule has 0 radical (unpaired) electrons. The minimum absolute atomic E-state index is 0. The summed E-state index contributed by atoms with van der Waals surface area (Å²) in [6, 6.07) is 60.8. The van der Waals surface area contributed by atoms with Crippen molar-refractivity contribution >= 4 is 83.7 Å². The summed E-state index contributed by atoms with van der Waals surface area (Å²) in [5.74, 6) is -5.42. The number of ether oxygens (including phenoxy) is 8. The molecule has 34 nitrogen and oxygen atoms in total. The van der Waals surface area contributed by atoms with Crippen LogP contribution in [0.15, 0.2) is 218 Å². The second-order valence-electron chi connectivity index (χ2n) is 40.9. The predicted molar refractivity (Wildman–Crippen MR) is 552 cm³/mol. The Morgan fingerprint density at radius 2 is 0.568 bits per heavy atom. The van der Waals surface area contributed by atoms with E-state index in [9.17, 15) is 77.3 Å². The Hall–Kier alpha value is -13.4. The predicted octanol–water partition coefficient (Wildman–Crippen LogP) is 11.8. The average molecular weight is 2060 g/mol. The number of fused-ring (bicyclic) bond motifs is 4. The number of carbonyl (C=O) groups excluding carboxylic acids is 12. The normalized spacial score (nSPS) is 16.0. The molecule has 0 spiro atoms. The fourth-order valence-corrected chi connectivity index (χ4v) is 16.4. The van der Waals surface area contributed by atoms with Crippen LogP contribution in [-0.2, 0) is 163 Å². The number of aliphatic carboxylic acids is 2. The Morgan fingerprint density at radius 3 is 0.845 bits per heavy atom. The molecule has 12 rings (SSSR count). The number of nitrogens with one attached hydrogen (secondary N) is 3. The Kier molecular flexibility index (Phi) is 50.3. The topological polar surface area (TPSA) is 484 Å². The molecule has 148 heavy (non-hydrogen) atoms. The first-order chi connectivity index (χ1) is 68.8. The third-order valence-electron chi connectivity index (χ3n) is 23.4. The van der Waals surface area contributed by atoms with E-state index in [1.165, 1.54) is 48.0 Å². The van der Waals surface area contributed by atoms with Gasteiger partial charge in [0.15, 0.2) is 5.78 Å². The summed E-state index contributed by atoms with van der Waals surface area (Å²) in [6.45, 7) is 30.2. The van der Waals surface area contributed by atoms with Crippen LogP contribution in [0.5, 0.6) is 0 Å². The largest absolute Gasteiger partial charge is 1.00 e. The molecule has 796 valence electrons. The van der Waals surface area contributed by atoms with Gasteiger partial charge < -0.3 is 81.0 Å². The molecule has 4 heterocycles. The number of carbonyl (C=O) groups is 14. The van der Waals surface area contributed by atoms with Crippen molar-refractivity contribution < 1.29 is 150 Å². The van der Waals surface area contributed by atoms with Crippen LogP contribution in [-0.4, -0.2) is 224 Å². The van der Waals surface area contributed by atoms with Crippen LogP contribution in [0.2, 0.25) is 0 Å². The number of carboxylic acids is 2. The van der Waals surface area contributed by atoms with Crippen molar-refractivity contribution in [3.05, 3.63) is 285 Å². The number of benzene rings is 8. The fraction of sp³-hybridized carbons (Fsp3) is 0.451. The van der Waals surface area contributed by atoms with Crippen molar-refractivity contribution in [2.75, 3.05) is 28.4 Å². The van der Waals surface area contributed by atoms with Gasteiger partial charge in [-0.3, -0.25) is 53.2 Å². The molecule has 0 fully saturated rings. The molecule has 0 saturated carbocycles. The molecule has 35 heteroatoms. The molecule has 10 N–H and O–H groups in total. The summed E-state index contributed by atoms with van der Waals surface area (Å²) in [4.78, 5) is 180. The molecule has 4 aliphatic rings. The zero-order chi connectivity index (χ0) is 108. The van der Waals surface area contributed by atoms with Gasteiger partial charge in [-0.05, 0) is 187 Å². The van der Waals surface area contributed by atoms with Crippen LogP contribution in [0.25, 0.3) is 0 Å². The van der Waals surface area contributed by atoms with Crippen molar-refractivity contribution in [1.29, 1.82) is 0 Å². The second kappa shape index (κ2) is 59.6. The standard InChI is InChI=1S/C32H42N2O6.C25H30N2O5.C24H28N2O5.C15H19NO4.C10H13NO2.C7H15NO2.Na.H2O/c1-21(2)16-25(30(37)39-6)19-28(35)26(17-22-12-8-7-9-13-22)33-29(36)27-18-23-14-10-11-15-24(23)20-34(27)31(38)40-32(3,4)5;1-25(2,3)32-24(30)27-16-19-13-9-8-12-18(19)15-21(27)22(28)26-20(23(29)31-4)14-17-10-6-5-7-11-17;1-24(2,3)31-23(30)26-15-18-12-8-7-11-17(18)14-20(26)21(27)25-19(22(28)29)13-16-9-5-4-6-10-16;1-15(2,3)20-14(19)16-9-11-7-5-4-6-10(11)8-12(16)13(17)18;1-13-10(12)9(11)7-8-5-3-2-4-6-8;1-5(2)4-6(8)7(9)10-3;;/h7-15,21,25-27H,16-20H2,1-6H3,(H,33,36);5-13,20-21H,14-16H2,1-4H3,(H,26,28);4-12,19-20H,13-15H2,1-3H3,(H,25,27)(H,28,29);4-7,12H,8-9H2,1-3H3,(H,17,18);2-6,9H,7,11H2,1H3;5-6H,4,8H2,1-3H3;;1H2/q;;;;;;+1;/p-1/t25-,26+,27+;20-,21-;19-,20-;12-;9-;6-;;/m011111../s1. The van der Waals surface area contributed by atoms with Crippen LogP contribution in [0.4, 0.5) is 19.2 Å². The number of esters is 4. The van der Waals surface area contributed by atoms with Crippen LogP contribution in [0, 0.1) is 17.8 Å². The van der Waals surface area contributed by atoms with Crippen molar-refractivity contribution in [3.63, 3.8) is 0 Å². The molecule has 7 amide bonds. The minimum atomic E-state index is -1.13. The van der Waals surface area contributed by atoms with Crippen LogP contribution < -0.4 is 57.0 Å². The van der Waals surface area contributed by atoms with Gasteiger partial charge in [0, 0.05) is 44.9 Å². The van der Waals surface area contributed by atoms with Crippen molar-refractivity contribution in [1.82, 2.24) is 35.6 Å². The molecule has 0 saturated heterocycles. The molecule has 8 aromatic rings. The molecule has 0 aromatic heterocycles. The third kappa shape index (κ3) is 41.7. The van der Waals surface area contributed by atoms with Crippen LogP contribution in [0.3, 0.4) is 0 Å². The maximum absolute atomic E-state index is 13.8. The maximum atomic E-state index is 13.8. The van der Waals surface area contributed by atoms with Crippen molar-refractivity contribution in [2.45, 2.75) is 284 Å². The van der Waals surface area contributed by atoms with E-state index in [-0.39, 0.29) is 111 Å². The molecule has 4 aliphatic heterocycles. The summed E-state index contributed by atoms with van der Waals surface area (Å²) in [7, 11) is 5.29. The van der Waals surface area contributed by atoms with Gasteiger partial charge in [-0.15, -0.1) is 0 Å². The number of carboxylic acid groups (broad SMARTS) is 2. The smallest absolute Gasteiger partial charge is 0.870 e. The van der Waals surface area contributed by atoms with E-state index in [4.69, 9.17) is 39.9 Å². The van der Waals surface area contributed by atoms with Gasteiger partial charge in [0.2, 0.25) is 17.7 Å². The number of hydrogen-bond donors (Lipinski definition) is 7. The number of amides is 7. The fourth-order valence-electron chi connectivity index (χ4n) is 16.4. The van der Waals surface area contributed by atoms with E-state index >= 15 is 0 Å². The monoisotopic (exact) mass is 2050 g/mol. The Balaban J connectivity index is 0.000000327. The van der Waals surface area contributed by atoms with Gasteiger partial charge in [0.25, 0.3) is 0 Å². The molecule has 10 atom stereocenters. The molecule has 0 unspecified atom stereocenters. The third-order valence-corrected chi connectivity index (χ3v) is 23.4. The number of ketones is 1. The first kappa shape index (κ1) is 125. The quantitative estimate of drug-likeness (QED) is 0.0143. The summed E-state index contributed by atoms with van der Waals surface area (Å²) < 4.78 is 40.8. The Labute approximate surface area is 891 Å². The average Bonchev–Trinajstić information content (AvgIpc) is 0.802. The van der Waals surface area contributed by atoms with E-state index in [1.54, 1.807) is 83.1 Å². The Morgan fingerprint density at radius 1 is 0.324 bits per heavy atom. The van der Waals surface area contributed by atoms with E-state index in [0.717, 1.165) is 66.8 Å². The van der Waals surface area contributed by atoms with Crippen molar-refractivity contribution in [2.24, 2.45) is 29.2 Å². The van der Waals surface area contributed by atoms with Gasteiger partial charge in [-0.2, -0.15) is 0 Å². The molecule has 0 aliphatic carbocycles. The summed E-state index contributed by atoms with van der Waals surface area (Å²) >= 11 is 0. The first-order valence-electron chi connectivity index (χ1n) is 48.9. The maximum Gasteiger partial charge on any atom is 1.00 e. The number of methoxy groups -OCH3 is 4. The number of nitrogens with zero attached hydrogens (tertiary/aromatic N) is 4. The SMILES string of the molecule is CC(C)(C)OC(=O)N1Cc2ccccc2C[C@@H]1C(=O)N[C@H](Cc1ccccc1)C(=O)O.CC(C)(C)OC(=O)N1Cc2ccccc2C[C@@H]1C(=O)O.COC(=O)[C@@H](Cc1ccccc1)NC(=O)[C@H]1Cc2ccccc2CN1C(=O)OC(C)(C)C.COC(=O)[C@H](CC(=O)[C@@H](Cc1ccccc1)NC(=O)[C@H]1Cc2ccccc2CN1C(=O)OC(C)(C)C)CC(C)C.COC(=O)[C@H](N)CC(C)C.COC(=O)[C@H](N)Cc1ccccc1.[Na+].[OH-]. The van der Waals surface area contributed by atoms with Gasteiger partial charge in [0.1, 0.15) is 70.7 Å². The van der Waals surface area contributed by atoms with Gasteiger partial charge in [-0.25, -0.2) is 33.6 Å². The number of nitrogens with two attached hydrogens (primary N) is 2. The number of hydrogen-bond acceptors (Lipinski definition) is 25. The van der Waals surface area contributed by atoms with E-state index in [1.807, 2.05) is 246 Å². The van der Waals surface area contributed by atoms with Crippen molar-refractivity contribution in [3.8, 4) is 0 Å². The second-order valence-corrected chi connectivity index (χ2v) is 40.9. The van der Waals surface area contributed by atoms with Gasteiger partial charge in [0.05, 0.1) is 66.6 Å².